The number of carbonyl (C=O) groups excluding carboxylic acids is 2. The van der Waals surface area contributed by atoms with Crippen molar-refractivity contribution in [3.63, 3.8) is 0 Å². The van der Waals surface area contributed by atoms with E-state index in [0.717, 1.165) is 0 Å². The maximum absolute atomic E-state index is 13.0. The van der Waals surface area contributed by atoms with Gasteiger partial charge in [-0.25, -0.2) is 8.42 Å². The predicted molar refractivity (Wildman–Crippen MR) is 104 cm³/mol. The van der Waals surface area contributed by atoms with Crippen molar-refractivity contribution in [1.82, 2.24) is 14.1 Å². The molecule has 9 heteroatoms. The number of carbonyl (C=O) groups is 2. The molecule has 3 heterocycles. The van der Waals surface area contributed by atoms with Gasteiger partial charge in [-0.2, -0.15) is 4.31 Å². The molecule has 2 amide bonds. The molecule has 1 aromatic rings. The third-order valence-corrected chi connectivity index (χ3v) is 8.98. The van der Waals surface area contributed by atoms with Crippen LogP contribution in [0.3, 0.4) is 0 Å². The molecule has 1 spiro atoms. The van der Waals surface area contributed by atoms with Gasteiger partial charge in [0.1, 0.15) is 0 Å². The molecule has 0 aliphatic carbocycles. The van der Waals surface area contributed by atoms with Gasteiger partial charge < -0.3 is 9.80 Å². The lowest BCUT2D eigenvalue weighted by molar-refractivity contribution is -0.135. The smallest absolute Gasteiger partial charge is 0.243 e. The molecule has 0 N–H and O–H groups in total. The van der Waals surface area contributed by atoms with Crippen LogP contribution in [0.25, 0.3) is 0 Å². The Kier molecular flexibility index (Phi) is 4.71. The number of piperidine rings is 1. The molecule has 7 nitrogen and oxygen atoms in total. The zero-order valence-corrected chi connectivity index (χ0v) is 17.5. The van der Waals surface area contributed by atoms with Crippen LogP contribution in [0.4, 0.5) is 0 Å². The molecule has 1 aromatic carbocycles. The highest BCUT2D eigenvalue weighted by atomic mass is 35.5. The van der Waals surface area contributed by atoms with Crippen LogP contribution in [0, 0.1) is 11.8 Å². The van der Waals surface area contributed by atoms with Gasteiger partial charge in [-0.05, 0) is 37.1 Å². The van der Waals surface area contributed by atoms with E-state index in [9.17, 15) is 18.0 Å². The first-order chi connectivity index (χ1) is 13.2. The Balaban J connectivity index is 1.55. The average molecular weight is 426 g/mol. The Morgan fingerprint density at radius 2 is 1.75 bits per heavy atom. The summed E-state index contributed by atoms with van der Waals surface area (Å²) in [5.74, 6) is -0.0480. The Morgan fingerprint density at radius 3 is 2.32 bits per heavy atom. The fraction of sp³-hybridized carbons (Fsp3) is 0.579. The molecule has 0 unspecified atom stereocenters. The predicted octanol–water partition coefficient (Wildman–Crippen LogP) is 1.43. The van der Waals surface area contributed by atoms with E-state index in [1.165, 1.54) is 23.4 Å². The van der Waals surface area contributed by atoms with E-state index in [-0.39, 0.29) is 34.1 Å². The van der Waals surface area contributed by atoms with Crippen molar-refractivity contribution in [3.8, 4) is 0 Å². The SMILES string of the molecule is CC(=O)N1C[C@H]2C(=O)N(C)C3(CCN(S(=O)(=O)c4ccc(Cl)cc4)CC3)[C@H]2C1. The van der Waals surface area contributed by atoms with Gasteiger partial charge in [0, 0.05) is 51.1 Å². The van der Waals surface area contributed by atoms with Crippen LogP contribution in [0.15, 0.2) is 29.2 Å². The van der Waals surface area contributed by atoms with E-state index in [1.807, 2.05) is 11.9 Å². The van der Waals surface area contributed by atoms with Crippen LogP contribution in [0.1, 0.15) is 19.8 Å². The van der Waals surface area contributed by atoms with Crippen LogP contribution < -0.4 is 0 Å². The highest BCUT2D eigenvalue weighted by Gasteiger charge is 2.61. The fourth-order valence-electron chi connectivity index (χ4n) is 5.15. The number of hydrogen-bond donors (Lipinski definition) is 0. The second-order valence-electron chi connectivity index (χ2n) is 8.00. The van der Waals surface area contributed by atoms with Gasteiger partial charge in [-0.1, -0.05) is 11.6 Å². The normalized spacial score (nSPS) is 27.5. The minimum absolute atomic E-state index is 0.0113. The van der Waals surface area contributed by atoms with Gasteiger partial charge in [0.25, 0.3) is 0 Å². The molecule has 3 aliphatic rings. The van der Waals surface area contributed by atoms with Gasteiger partial charge in [0.05, 0.1) is 16.4 Å². The highest BCUT2D eigenvalue weighted by molar-refractivity contribution is 7.89. The van der Waals surface area contributed by atoms with Crippen LogP contribution in [-0.4, -0.2) is 73.1 Å². The van der Waals surface area contributed by atoms with Crippen molar-refractivity contribution >= 4 is 33.4 Å². The summed E-state index contributed by atoms with van der Waals surface area (Å²) in [5, 5.41) is 0.491. The maximum atomic E-state index is 13.0. The Morgan fingerprint density at radius 1 is 1.14 bits per heavy atom. The van der Waals surface area contributed by atoms with Crippen LogP contribution >= 0.6 is 11.6 Å². The van der Waals surface area contributed by atoms with Crippen molar-refractivity contribution in [2.45, 2.75) is 30.2 Å². The summed E-state index contributed by atoms with van der Waals surface area (Å²) < 4.78 is 27.4. The standard InChI is InChI=1S/C19H24ClN3O4S/c1-13(24)22-11-16-17(12-22)19(21(2)18(16)25)7-9-23(10-8-19)28(26,27)15-5-3-14(20)4-6-15/h3-6,16-17H,7-12H2,1-2H3/t16-,17+/m1/s1. The van der Waals surface area contributed by atoms with E-state index in [1.54, 1.807) is 17.0 Å². The summed E-state index contributed by atoms with van der Waals surface area (Å²) in [7, 11) is -1.77. The second-order valence-corrected chi connectivity index (χ2v) is 10.4. The van der Waals surface area contributed by atoms with E-state index in [4.69, 9.17) is 11.6 Å². The fourth-order valence-corrected chi connectivity index (χ4v) is 6.72. The molecule has 0 aromatic heterocycles. The van der Waals surface area contributed by atoms with Crippen molar-refractivity contribution < 1.29 is 18.0 Å². The van der Waals surface area contributed by atoms with E-state index < -0.39 is 10.0 Å². The monoisotopic (exact) mass is 425 g/mol. The van der Waals surface area contributed by atoms with Crippen molar-refractivity contribution in [3.05, 3.63) is 29.3 Å². The van der Waals surface area contributed by atoms with Crippen LogP contribution in [0.5, 0.6) is 0 Å². The van der Waals surface area contributed by atoms with Crippen molar-refractivity contribution in [1.29, 1.82) is 0 Å². The summed E-state index contributed by atoms with van der Waals surface area (Å²) in [4.78, 5) is 28.4. The van der Waals surface area contributed by atoms with Crippen LogP contribution in [0.2, 0.25) is 5.02 Å². The van der Waals surface area contributed by atoms with Crippen molar-refractivity contribution in [2.24, 2.45) is 11.8 Å². The van der Waals surface area contributed by atoms with Crippen LogP contribution in [-0.2, 0) is 19.6 Å². The number of sulfonamides is 1. The number of amides is 2. The third kappa shape index (κ3) is 2.84. The Labute approximate surface area is 170 Å². The molecule has 3 aliphatic heterocycles. The maximum Gasteiger partial charge on any atom is 0.243 e. The average Bonchev–Trinajstić information content (AvgIpc) is 3.19. The lowest BCUT2D eigenvalue weighted by Crippen LogP contribution is -2.56. The number of likely N-dealkylation sites (tertiary alicyclic amines) is 2. The molecule has 0 radical (unpaired) electrons. The Hall–Kier alpha value is -1.64. The number of rotatable bonds is 2. The molecule has 0 bridgehead atoms. The molecule has 2 atom stereocenters. The number of benzene rings is 1. The van der Waals surface area contributed by atoms with E-state index in [2.05, 4.69) is 0 Å². The van der Waals surface area contributed by atoms with Crippen molar-refractivity contribution in [2.75, 3.05) is 33.2 Å². The molecular formula is C19H24ClN3O4S. The molecule has 0 saturated carbocycles. The van der Waals surface area contributed by atoms with Gasteiger partial charge in [0.15, 0.2) is 0 Å². The zero-order chi connectivity index (χ0) is 20.3. The van der Waals surface area contributed by atoms with Gasteiger partial charge in [0.2, 0.25) is 21.8 Å². The quantitative estimate of drug-likeness (QED) is 0.718. The summed E-state index contributed by atoms with van der Waals surface area (Å²) in [6.07, 6.45) is 1.16. The lowest BCUT2D eigenvalue weighted by Gasteiger charge is -2.46. The first-order valence-electron chi connectivity index (χ1n) is 9.46. The lowest BCUT2D eigenvalue weighted by atomic mass is 9.75. The van der Waals surface area contributed by atoms with Gasteiger partial charge in [-0.15, -0.1) is 0 Å². The molecule has 152 valence electrons. The Bertz CT molecular complexity index is 910. The molecule has 28 heavy (non-hydrogen) atoms. The first kappa shape index (κ1) is 19.7. The second kappa shape index (κ2) is 6.71. The zero-order valence-electron chi connectivity index (χ0n) is 16.0. The molecule has 3 saturated heterocycles. The molecule has 3 fully saturated rings. The minimum Gasteiger partial charge on any atom is -0.342 e. The first-order valence-corrected chi connectivity index (χ1v) is 11.3. The third-order valence-electron chi connectivity index (χ3n) is 6.81. The molecule has 4 rings (SSSR count). The van der Waals surface area contributed by atoms with Gasteiger partial charge in [-0.3, -0.25) is 9.59 Å². The summed E-state index contributed by atoms with van der Waals surface area (Å²) in [6, 6.07) is 6.18. The number of halogens is 1. The molecular weight excluding hydrogens is 402 g/mol. The topological polar surface area (TPSA) is 78.0 Å². The number of hydrogen-bond acceptors (Lipinski definition) is 4. The van der Waals surface area contributed by atoms with Gasteiger partial charge >= 0.3 is 0 Å². The number of nitrogens with zero attached hydrogens (tertiary/aromatic N) is 3. The van der Waals surface area contributed by atoms with E-state index >= 15 is 0 Å². The number of fused-ring (bicyclic) bond motifs is 2. The minimum atomic E-state index is -3.60. The summed E-state index contributed by atoms with van der Waals surface area (Å²) in [6.45, 7) is 3.28. The van der Waals surface area contributed by atoms with E-state index in [0.29, 0.717) is 44.0 Å². The summed E-state index contributed by atoms with van der Waals surface area (Å²) >= 11 is 5.87. The highest BCUT2D eigenvalue weighted by Crippen LogP contribution is 2.49. The largest absolute Gasteiger partial charge is 0.342 e. The summed E-state index contributed by atoms with van der Waals surface area (Å²) in [5.41, 5.74) is -0.377.